The lowest BCUT2D eigenvalue weighted by Gasteiger charge is -2.63. The first-order valence-electron chi connectivity index (χ1n) is 20.1. The van der Waals surface area contributed by atoms with Crippen molar-refractivity contribution in [3.63, 3.8) is 0 Å². The van der Waals surface area contributed by atoms with Crippen LogP contribution in [0.1, 0.15) is 97.0 Å². The number of aryl methyl sites for hydroxylation is 1. The van der Waals surface area contributed by atoms with Gasteiger partial charge in [-0.1, -0.05) is 20.8 Å². The number of rotatable bonds is 11. The van der Waals surface area contributed by atoms with E-state index in [0.29, 0.717) is 31.5 Å². The van der Waals surface area contributed by atoms with Gasteiger partial charge in [-0.2, -0.15) is 0 Å². The van der Waals surface area contributed by atoms with E-state index >= 15 is 0 Å². The summed E-state index contributed by atoms with van der Waals surface area (Å²) < 4.78 is 12.5. The lowest BCUT2D eigenvalue weighted by Crippen LogP contribution is -2.62. The van der Waals surface area contributed by atoms with Crippen molar-refractivity contribution in [3.05, 3.63) is 12.2 Å². The van der Waals surface area contributed by atoms with Crippen molar-refractivity contribution in [2.45, 2.75) is 141 Å². The van der Waals surface area contributed by atoms with Crippen LogP contribution in [0.4, 0.5) is 5.82 Å². The minimum atomic E-state index is -1.56. The predicted molar refractivity (Wildman–Crippen MR) is 198 cm³/mol. The van der Waals surface area contributed by atoms with Crippen molar-refractivity contribution in [3.8, 4) is 0 Å². The maximum absolute atomic E-state index is 13.1. The van der Waals surface area contributed by atoms with Crippen LogP contribution in [0.5, 0.6) is 0 Å². The molecule has 16 atom stereocenters. The number of anilines is 1. The zero-order chi connectivity index (χ0) is 40.4. The molecule has 4 saturated carbocycles. The van der Waals surface area contributed by atoms with Gasteiger partial charge in [0.05, 0.1) is 31.1 Å². The molecule has 3 heterocycles. The molecule has 0 spiro atoms. The smallest absolute Gasteiger partial charge is 0.326 e. The van der Waals surface area contributed by atoms with Gasteiger partial charge in [0.25, 0.3) is 0 Å². The highest BCUT2D eigenvalue weighted by Gasteiger charge is 2.65. The number of aliphatic carboxylic acids is 1. The van der Waals surface area contributed by atoms with Gasteiger partial charge < -0.3 is 51.2 Å². The normalized spacial score (nSPS) is 40.3. The van der Waals surface area contributed by atoms with Crippen LogP contribution in [0.2, 0.25) is 0 Å². The summed E-state index contributed by atoms with van der Waals surface area (Å²) in [5, 5.41) is 67.5. The zero-order valence-electron chi connectivity index (χ0n) is 32.5. The molecule has 2 aromatic heterocycles. The third-order valence-corrected chi connectivity index (χ3v) is 14.9. The molecule has 1 amide bonds. The van der Waals surface area contributed by atoms with Crippen LogP contribution < -0.4 is 11.1 Å². The number of ether oxygens (including phenoxy) is 2. The molecular weight excluding hydrogens is 728 g/mol. The number of esters is 1. The van der Waals surface area contributed by atoms with Gasteiger partial charge in [-0.15, -0.1) is 0 Å². The van der Waals surface area contributed by atoms with Gasteiger partial charge >= 0.3 is 11.9 Å². The Bertz CT molecular complexity index is 1810. The number of aromatic nitrogens is 4. The number of carbonyl (C=O) groups excluding carboxylic acids is 2. The Kier molecular flexibility index (Phi) is 11.2. The van der Waals surface area contributed by atoms with Crippen molar-refractivity contribution >= 4 is 34.8 Å². The average molecular weight is 787 g/mol. The summed E-state index contributed by atoms with van der Waals surface area (Å²) in [5.41, 5.74) is 6.02. The molecule has 7 rings (SSSR count). The van der Waals surface area contributed by atoms with Crippen LogP contribution >= 0.6 is 0 Å². The van der Waals surface area contributed by atoms with Gasteiger partial charge in [0.2, 0.25) is 5.91 Å². The molecule has 0 aromatic carbocycles. The summed E-state index contributed by atoms with van der Waals surface area (Å²) in [7, 11) is 0. The molecule has 16 unspecified atom stereocenters. The van der Waals surface area contributed by atoms with Gasteiger partial charge in [0, 0.05) is 6.42 Å². The fourth-order valence-electron chi connectivity index (χ4n) is 11.9. The van der Waals surface area contributed by atoms with E-state index in [1.807, 2.05) is 0 Å². The number of hydrogen-bond acceptors (Lipinski definition) is 14. The number of carbonyl (C=O) groups is 3. The number of hydrogen-bond donors (Lipinski definition) is 8. The highest BCUT2D eigenvalue weighted by Crippen LogP contribution is 2.68. The second-order valence-corrected chi connectivity index (χ2v) is 17.9. The minimum absolute atomic E-state index is 0.0184. The maximum atomic E-state index is 13.1. The standard InChI is InChI=1S/C39H58N6O11/c1-17(21-6-7-22-30-23(13-27(48)39(21,22)4)38(3)10-9-20(46)11-19(38)12-25(30)47)5-8-28(49)44-24(37(53)54)14-29(50)55-15-26-32(51)33(52)36(56-26)45-16-41-31-34(40)42-18(2)43-35(31)45/h16-17,19-27,30,32-33,36,46-48,51-52H,5-15H2,1-4H3,(H,44,49)(H,53,54)(H2,40,42,43). The number of nitrogens with one attached hydrogen (secondary N) is 1. The topological polar surface area (TPSA) is 273 Å². The summed E-state index contributed by atoms with van der Waals surface area (Å²) in [4.78, 5) is 50.5. The molecule has 56 heavy (non-hydrogen) atoms. The number of imidazole rings is 1. The first kappa shape index (κ1) is 40.7. The van der Waals surface area contributed by atoms with E-state index in [4.69, 9.17) is 15.2 Å². The average Bonchev–Trinajstić information content (AvgIpc) is 3.80. The van der Waals surface area contributed by atoms with Crippen LogP contribution in [-0.2, 0) is 23.9 Å². The Labute approximate surface area is 325 Å². The van der Waals surface area contributed by atoms with E-state index in [9.17, 15) is 45.0 Å². The number of nitrogens with zero attached hydrogens (tertiary/aromatic N) is 4. The lowest BCUT2D eigenvalue weighted by molar-refractivity contribution is -0.207. The van der Waals surface area contributed by atoms with E-state index in [2.05, 4.69) is 41.0 Å². The molecule has 5 aliphatic rings. The Hall–Kier alpha value is -3.48. The monoisotopic (exact) mass is 786 g/mol. The van der Waals surface area contributed by atoms with Crippen LogP contribution in [0.15, 0.2) is 6.33 Å². The number of amides is 1. The number of aliphatic hydroxyl groups excluding tert-OH is 5. The maximum Gasteiger partial charge on any atom is 0.326 e. The van der Waals surface area contributed by atoms with Crippen molar-refractivity contribution in [2.75, 3.05) is 12.3 Å². The van der Waals surface area contributed by atoms with E-state index in [-0.39, 0.29) is 70.4 Å². The van der Waals surface area contributed by atoms with E-state index in [1.54, 1.807) is 6.92 Å². The molecule has 1 aliphatic heterocycles. The molecule has 9 N–H and O–H groups in total. The van der Waals surface area contributed by atoms with Crippen LogP contribution in [-0.4, -0.2) is 117 Å². The number of aliphatic hydroxyl groups is 5. The third kappa shape index (κ3) is 7.05. The quantitative estimate of drug-likeness (QED) is 0.149. The molecule has 0 radical (unpaired) electrons. The number of nitrogens with two attached hydrogens (primary N) is 1. The molecule has 0 bridgehead atoms. The lowest BCUT2D eigenvalue weighted by atomic mass is 9.43. The predicted octanol–water partition coefficient (Wildman–Crippen LogP) is 1.22. The van der Waals surface area contributed by atoms with E-state index in [1.165, 1.54) is 10.9 Å². The van der Waals surface area contributed by atoms with Gasteiger partial charge in [-0.25, -0.2) is 19.7 Å². The molecule has 17 nitrogen and oxygen atoms in total. The highest BCUT2D eigenvalue weighted by atomic mass is 16.6. The molecule has 1 saturated heterocycles. The number of nitrogen functional groups attached to an aromatic ring is 1. The molecule has 4 aliphatic carbocycles. The van der Waals surface area contributed by atoms with Crippen LogP contribution in [0.3, 0.4) is 0 Å². The molecule has 17 heteroatoms. The van der Waals surface area contributed by atoms with Crippen LogP contribution in [0.25, 0.3) is 11.2 Å². The van der Waals surface area contributed by atoms with Crippen molar-refractivity contribution in [1.82, 2.24) is 24.8 Å². The SMILES string of the molecule is Cc1nc(N)c2ncn(C3OC(COC(=O)CC(NC(=O)CCC(C)C4CCC5C6C(O)CC7CC(O)CCC7(C)C6CC(O)C45C)C(=O)O)C(O)C3O)c2n1. The largest absolute Gasteiger partial charge is 0.480 e. The Balaban J connectivity index is 0.909. The Morgan fingerprint density at radius 1 is 1.05 bits per heavy atom. The zero-order valence-corrected chi connectivity index (χ0v) is 32.5. The summed E-state index contributed by atoms with van der Waals surface area (Å²) in [6.45, 7) is 7.64. The van der Waals surface area contributed by atoms with Gasteiger partial charge in [-0.3, -0.25) is 14.2 Å². The van der Waals surface area contributed by atoms with Gasteiger partial charge in [0.15, 0.2) is 17.7 Å². The molecule has 5 fully saturated rings. The first-order valence-corrected chi connectivity index (χ1v) is 20.1. The Morgan fingerprint density at radius 3 is 2.54 bits per heavy atom. The molecular formula is C39H58N6O11. The number of carboxylic acids is 1. The second-order valence-electron chi connectivity index (χ2n) is 17.9. The van der Waals surface area contributed by atoms with E-state index < -0.39 is 79.1 Å². The van der Waals surface area contributed by atoms with Crippen molar-refractivity contribution in [1.29, 1.82) is 0 Å². The summed E-state index contributed by atoms with van der Waals surface area (Å²) >= 11 is 0. The summed E-state index contributed by atoms with van der Waals surface area (Å²) in [5.74, 6) is -1.67. The Morgan fingerprint density at radius 2 is 1.80 bits per heavy atom. The summed E-state index contributed by atoms with van der Waals surface area (Å²) in [6.07, 6.45) is -0.105. The minimum Gasteiger partial charge on any atom is -0.480 e. The van der Waals surface area contributed by atoms with Gasteiger partial charge in [0.1, 0.15) is 42.3 Å². The third-order valence-electron chi connectivity index (χ3n) is 14.9. The summed E-state index contributed by atoms with van der Waals surface area (Å²) in [6, 6.07) is -1.56. The molecule has 2 aromatic rings. The fourth-order valence-corrected chi connectivity index (χ4v) is 11.9. The van der Waals surface area contributed by atoms with E-state index in [0.717, 1.165) is 25.7 Å². The second kappa shape index (κ2) is 15.4. The van der Waals surface area contributed by atoms with Gasteiger partial charge in [-0.05, 0) is 105 Å². The van der Waals surface area contributed by atoms with Crippen molar-refractivity contribution in [2.24, 2.45) is 46.3 Å². The first-order chi connectivity index (χ1) is 26.4. The number of carboxylic acid groups (broad SMARTS) is 1. The highest BCUT2D eigenvalue weighted by molar-refractivity contribution is 5.87. The van der Waals surface area contributed by atoms with Crippen LogP contribution in [0, 0.1) is 53.3 Å². The molecule has 310 valence electrons. The fraction of sp³-hybridized carbons (Fsp3) is 0.795. The van der Waals surface area contributed by atoms with Crippen molar-refractivity contribution < 1.29 is 54.5 Å². The number of fused-ring (bicyclic) bond motifs is 6.